The fourth-order valence-electron chi connectivity index (χ4n) is 12.1. The number of ether oxygens (including phenoxy) is 25. The molecule has 3 aliphatic rings. The number of hydrogen-bond acceptors (Lipinski definition) is 37. The Morgan fingerprint density at radius 2 is 0.455 bits per heavy atom. The lowest BCUT2D eigenvalue weighted by atomic mass is 9.91. The molecule has 0 amide bonds. The van der Waals surface area contributed by atoms with Crippen LogP contribution in [0.4, 0.5) is 0 Å². The molecule has 3 heterocycles. The maximum absolute atomic E-state index is 12.9. The fraction of sp³-hybridized carbons (Fsp3) is 0.840. The molecule has 0 spiro atoms. The summed E-state index contributed by atoms with van der Waals surface area (Å²) in [6.07, 6.45) is -5.19. The van der Waals surface area contributed by atoms with E-state index in [1.54, 1.807) is 0 Å². The molecule has 0 aliphatic carbocycles. The van der Waals surface area contributed by atoms with E-state index >= 15 is 0 Å². The highest BCUT2D eigenvalue weighted by atomic mass is 16.8. The van der Waals surface area contributed by atoms with Gasteiger partial charge in [0.1, 0.15) is 38.1 Å². The van der Waals surface area contributed by atoms with Gasteiger partial charge >= 0.3 is 71.6 Å². The summed E-state index contributed by atoms with van der Waals surface area (Å²) < 4.78 is 144. The molecule has 0 aromatic carbocycles. The van der Waals surface area contributed by atoms with Gasteiger partial charge in [-0.25, -0.2) is 0 Å². The quantitative estimate of drug-likeness (QED) is 0.0445. The molecule has 112 heavy (non-hydrogen) atoms. The molecule has 15 atom stereocenters. The first-order valence-electron chi connectivity index (χ1n) is 38.3. The smallest absolute Gasteiger partial charge is 0.303 e. The van der Waals surface area contributed by atoms with Crippen molar-refractivity contribution in [1.29, 1.82) is 0 Å². The van der Waals surface area contributed by atoms with E-state index in [-0.39, 0.29) is 106 Å². The highest BCUT2D eigenvalue weighted by molar-refractivity contribution is 5.71. The van der Waals surface area contributed by atoms with Crippen LogP contribution in [0.5, 0.6) is 0 Å². The maximum atomic E-state index is 12.9. The SMILES string of the molecule is CCCCCCCCCCCCCCCCOCC(COCCOCCOCCO[C@H]1O[C@H](COC(C)=O)[C@@H](OC(C)=O)[C@H](OC(C)=O)[C@@H]1OC(C)=O)(COCCOCCOCCO[C@H]1O[C@H](COC(C)=O)[C@@H](OC(C)=O)[C@H](OC(C)=O)[C@@H]1OC(C)=O)CO[C@H]1O[C@H](COC(C)=O)[C@@H](OC(C)=O)[C@H](OC(C)=O)[C@@H]1OC(C)=O. The lowest BCUT2D eigenvalue weighted by Crippen LogP contribution is -2.63. The molecule has 3 fully saturated rings. The minimum atomic E-state index is -1.59. The van der Waals surface area contributed by atoms with Gasteiger partial charge in [-0.3, -0.25) is 57.5 Å². The van der Waals surface area contributed by atoms with Crippen LogP contribution in [0.1, 0.15) is 180 Å². The van der Waals surface area contributed by atoms with Gasteiger partial charge in [-0.2, -0.15) is 0 Å². The normalized spacial score (nSPS) is 23.6. The summed E-state index contributed by atoms with van der Waals surface area (Å²) in [7, 11) is 0. The Hall–Kier alpha value is -6.88. The van der Waals surface area contributed by atoms with Gasteiger partial charge in [-0.05, 0) is 6.42 Å². The van der Waals surface area contributed by atoms with Crippen molar-refractivity contribution in [2.24, 2.45) is 5.41 Å². The minimum Gasteiger partial charge on any atom is -0.463 e. The largest absolute Gasteiger partial charge is 0.463 e. The molecule has 3 aliphatic heterocycles. The first-order valence-corrected chi connectivity index (χ1v) is 38.3. The molecule has 644 valence electrons. The van der Waals surface area contributed by atoms with Crippen molar-refractivity contribution >= 4 is 71.6 Å². The van der Waals surface area contributed by atoms with Crippen LogP contribution < -0.4 is 0 Å². The van der Waals surface area contributed by atoms with E-state index in [1.165, 1.54) is 57.8 Å². The lowest BCUT2D eigenvalue weighted by molar-refractivity contribution is -0.315. The number of esters is 12. The number of rotatable bonds is 59. The van der Waals surface area contributed by atoms with Crippen molar-refractivity contribution in [2.45, 2.75) is 272 Å². The molecule has 0 N–H and O–H groups in total. The van der Waals surface area contributed by atoms with Gasteiger partial charge in [-0.15, -0.1) is 0 Å². The van der Waals surface area contributed by atoms with Crippen LogP contribution in [0.15, 0.2) is 0 Å². The van der Waals surface area contributed by atoms with Gasteiger partial charge in [0.25, 0.3) is 0 Å². The van der Waals surface area contributed by atoms with Crippen molar-refractivity contribution in [3.05, 3.63) is 0 Å². The van der Waals surface area contributed by atoms with Gasteiger partial charge in [0.2, 0.25) is 0 Å². The summed E-state index contributed by atoms with van der Waals surface area (Å²) in [6, 6.07) is 0. The molecule has 0 saturated carbocycles. The Morgan fingerprint density at radius 1 is 0.232 bits per heavy atom. The highest BCUT2D eigenvalue weighted by Crippen LogP contribution is 2.35. The zero-order valence-electron chi connectivity index (χ0n) is 67.3. The zero-order valence-corrected chi connectivity index (χ0v) is 67.3. The third-order valence-electron chi connectivity index (χ3n) is 16.8. The van der Waals surface area contributed by atoms with Gasteiger partial charge in [0, 0.05) is 89.7 Å². The van der Waals surface area contributed by atoms with Crippen LogP contribution in [-0.2, 0) is 176 Å². The number of unbranched alkanes of at least 4 members (excludes halogenated alkanes) is 13. The second-order valence-electron chi connectivity index (χ2n) is 27.0. The number of hydrogen-bond donors (Lipinski definition) is 0. The van der Waals surface area contributed by atoms with E-state index in [9.17, 15) is 57.5 Å². The maximum Gasteiger partial charge on any atom is 0.303 e. The molecule has 0 bridgehead atoms. The minimum absolute atomic E-state index is 0.0116. The summed E-state index contributed by atoms with van der Waals surface area (Å²) in [4.78, 5) is 148. The molecule has 37 heteroatoms. The number of carbonyl (C=O) groups excluding carboxylic acids is 12. The van der Waals surface area contributed by atoms with Crippen LogP contribution in [0, 0.1) is 5.41 Å². The summed E-state index contributed by atoms with van der Waals surface area (Å²) in [5.41, 5.74) is -1.24. The van der Waals surface area contributed by atoms with Crippen molar-refractivity contribution in [1.82, 2.24) is 0 Å². The zero-order chi connectivity index (χ0) is 82.8. The van der Waals surface area contributed by atoms with Gasteiger partial charge in [-0.1, -0.05) is 90.4 Å². The third-order valence-corrected chi connectivity index (χ3v) is 16.8. The van der Waals surface area contributed by atoms with Crippen LogP contribution in [-0.4, -0.2) is 296 Å². The van der Waals surface area contributed by atoms with Crippen LogP contribution in [0.25, 0.3) is 0 Å². The Balaban J connectivity index is 1.83. The Morgan fingerprint density at radius 3 is 0.723 bits per heavy atom. The second-order valence-corrected chi connectivity index (χ2v) is 27.0. The van der Waals surface area contributed by atoms with Crippen molar-refractivity contribution in [2.75, 3.05) is 132 Å². The van der Waals surface area contributed by atoms with E-state index in [0.29, 0.717) is 13.0 Å². The van der Waals surface area contributed by atoms with Crippen LogP contribution >= 0.6 is 0 Å². The average molecular weight is 1620 g/mol. The molecule has 0 radical (unpaired) electrons. The summed E-state index contributed by atoms with van der Waals surface area (Å²) >= 11 is 0. The van der Waals surface area contributed by atoms with Gasteiger partial charge < -0.3 is 118 Å². The first kappa shape index (κ1) is 99.3. The molecule has 0 unspecified atom stereocenters. The van der Waals surface area contributed by atoms with E-state index < -0.39 is 189 Å². The summed E-state index contributed by atoms with van der Waals surface area (Å²) in [6.45, 7) is 13.6. The Kier molecular flexibility index (Phi) is 50.7. The third kappa shape index (κ3) is 42.5. The van der Waals surface area contributed by atoms with Gasteiger partial charge in [0.15, 0.2) is 73.8 Å². The topological polar surface area (TPSA) is 436 Å². The summed E-state index contributed by atoms with van der Waals surface area (Å²) in [5, 5.41) is 0. The van der Waals surface area contributed by atoms with Crippen LogP contribution in [0.3, 0.4) is 0 Å². The number of carbonyl (C=O) groups is 12. The van der Waals surface area contributed by atoms with E-state index in [2.05, 4.69) is 6.92 Å². The van der Waals surface area contributed by atoms with Crippen LogP contribution in [0.2, 0.25) is 0 Å². The van der Waals surface area contributed by atoms with Gasteiger partial charge in [0.05, 0.1) is 111 Å². The highest BCUT2D eigenvalue weighted by Gasteiger charge is 2.56. The average Bonchev–Trinajstić information content (AvgIpc) is 0.798. The molecular formula is C75H122O37. The fourth-order valence-corrected chi connectivity index (χ4v) is 12.1. The molecule has 0 aromatic rings. The first-order chi connectivity index (χ1) is 53.4. The summed E-state index contributed by atoms with van der Waals surface area (Å²) in [5.74, 6) is -9.43. The van der Waals surface area contributed by atoms with E-state index in [1.807, 2.05) is 0 Å². The molecule has 0 aromatic heterocycles. The monoisotopic (exact) mass is 1610 g/mol. The van der Waals surface area contributed by atoms with Crippen molar-refractivity contribution in [3.63, 3.8) is 0 Å². The Labute approximate surface area is 655 Å². The van der Waals surface area contributed by atoms with Crippen molar-refractivity contribution < 1.29 is 176 Å². The predicted molar refractivity (Wildman–Crippen MR) is 382 cm³/mol. The Bertz CT molecular complexity index is 2670. The standard InChI is InChI=1S/C75H122O37/c1-14-15-16-17-18-19-20-21-22-23-24-25-26-27-28-92-44-75(47-100-74-71(109-59(13)87)68(106-56(10)84)65(103-53(7)81)62(112-74)43-99-50(4)78,45-93-35-33-88-29-31-90-37-39-95-72-69(107-57(11)85)66(104-54(8)82)63(101-51(5)79)60(110-72)41-97-48(2)76)46-94-36-34-89-30-32-91-38-40-96-73-70(108-58(12)86)67(105-55(9)83)64(102-52(6)80)61(111-73)42-98-49(3)77/h60-74H,14-47H2,1-13H3/t60-,61-,62-,63-,64-,65-,66+,67+,68+,69+,70+,71+,72+,73+,74+/m1/s1. The second kappa shape index (κ2) is 57.2. The van der Waals surface area contributed by atoms with E-state index in [4.69, 9.17) is 118 Å². The molecule has 37 nitrogen and oxygen atoms in total. The molecule has 3 rings (SSSR count). The van der Waals surface area contributed by atoms with E-state index in [0.717, 1.165) is 109 Å². The molecule has 3 saturated heterocycles. The lowest BCUT2D eigenvalue weighted by Gasteiger charge is -2.45. The predicted octanol–water partition coefficient (Wildman–Crippen LogP) is 4.87. The van der Waals surface area contributed by atoms with Crippen molar-refractivity contribution in [3.8, 4) is 0 Å². The molecular weight excluding hydrogens is 1490 g/mol.